The van der Waals surface area contributed by atoms with Crippen LogP contribution in [-0.4, -0.2) is 32.2 Å². The molecule has 3 rings (SSSR count). The number of esters is 1. The third-order valence-electron chi connectivity index (χ3n) is 4.50. The molecule has 1 aromatic carbocycles. The molecule has 1 aliphatic rings. The minimum absolute atomic E-state index is 0.113. The molecule has 1 amide bonds. The highest BCUT2D eigenvalue weighted by Crippen LogP contribution is 2.43. The smallest absolute Gasteiger partial charge is 0.341 e. The van der Waals surface area contributed by atoms with Crippen molar-refractivity contribution in [3.8, 4) is 11.1 Å². The van der Waals surface area contributed by atoms with E-state index in [1.54, 1.807) is 18.2 Å². The van der Waals surface area contributed by atoms with Crippen molar-refractivity contribution in [2.75, 3.05) is 25.6 Å². The number of halogens is 2. The van der Waals surface area contributed by atoms with Gasteiger partial charge in [0.15, 0.2) is 0 Å². The summed E-state index contributed by atoms with van der Waals surface area (Å²) in [6.07, 6.45) is 1.33. The van der Waals surface area contributed by atoms with E-state index in [1.807, 2.05) is 6.92 Å². The average Bonchev–Trinajstić information content (AvgIpc) is 2.97. The summed E-state index contributed by atoms with van der Waals surface area (Å²) in [5, 5.41) is 4.31. The van der Waals surface area contributed by atoms with Crippen molar-refractivity contribution in [1.82, 2.24) is 0 Å². The van der Waals surface area contributed by atoms with Crippen LogP contribution in [0.15, 0.2) is 18.2 Å². The van der Waals surface area contributed by atoms with Crippen molar-refractivity contribution >= 4 is 51.4 Å². The summed E-state index contributed by atoms with van der Waals surface area (Å²) in [5.41, 5.74) is 1.63. The molecule has 5 nitrogen and oxygen atoms in total. The van der Waals surface area contributed by atoms with Gasteiger partial charge < -0.3 is 14.8 Å². The zero-order valence-electron chi connectivity index (χ0n) is 14.9. The van der Waals surface area contributed by atoms with Crippen LogP contribution in [0.4, 0.5) is 5.00 Å². The molecule has 144 valence electrons. The van der Waals surface area contributed by atoms with Crippen molar-refractivity contribution in [2.24, 2.45) is 5.92 Å². The van der Waals surface area contributed by atoms with Gasteiger partial charge in [-0.1, -0.05) is 29.3 Å². The van der Waals surface area contributed by atoms with E-state index in [1.165, 1.54) is 18.4 Å². The Hall–Kier alpha value is -1.60. The number of anilines is 1. The van der Waals surface area contributed by atoms with Crippen LogP contribution >= 0.6 is 34.5 Å². The second-order valence-corrected chi connectivity index (χ2v) is 8.30. The van der Waals surface area contributed by atoms with Crippen LogP contribution in [0.1, 0.15) is 28.1 Å². The van der Waals surface area contributed by atoms with Gasteiger partial charge in [0.25, 0.3) is 0 Å². The van der Waals surface area contributed by atoms with Gasteiger partial charge in [-0.3, -0.25) is 4.79 Å². The zero-order chi connectivity index (χ0) is 19.6. The van der Waals surface area contributed by atoms with Crippen molar-refractivity contribution in [3.05, 3.63) is 38.7 Å². The minimum atomic E-state index is -0.525. The number of hydrogen-bond acceptors (Lipinski definition) is 5. The van der Waals surface area contributed by atoms with Crippen molar-refractivity contribution in [1.29, 1.82) is 0 Å². The number of benzene rings is 1. The monoisotopic (exact) mass is 427 g/mol. The fraction of sp³-hybridized carbons (Fsp3) is 0.368. The maximum Gasteiger partial charge on any atom is 0.341 e. The van der Waals surface area contributed by atoms with Crippen LogP contribution in [-0.2, 0) is 14.3 Å². The summed E-state index contributed by atoms with van der Waals surface area (Å²) in [7, 11) is 1.31. The van der Waals surface area contributed by atoms with Crippen LogP contribution in [0.3, 0.4) is 0 Å². The molecule has 0 saturated carbocycles. The molecule has 8 heteroatoms. The topological polar surface area (TPSA) is 64.6 Å². The molecule has 27 heavy (non-hydrogen) atoms. The Morgan fingerprint density at radius 2 is 1.96 bits per heavy atom. The quantitative estimate of drug-likeness (QED) is 0.682. The zero-order valence-corrected chi connectivity index (χ0v) is 17.3. The molecule has 1 saturated heterocycles. The van der Waals surface area contributed by atoms with Gasteiger partial charge in [0.1, 0.15) is 10.6 Å². The summed E-state index contributed by atoms with van der Waals surface area (Å²) in [6.45, 7) is 3.01. The lowest BCUT2D eigenvalue weighted by Crippen LogP contribution is -2.28. The first-order chi connectivity index (χ1) is 12.9. The first-order valence-electron chi connectivity index (χ1n) is 8.48. The van der Waals surface area contributed by atoms with Gasteiger partial charge in [-0.2, -0.15) is 0 Å². The Bertz CT molecular complexity index is 875. The first kappa shape index (κ1) is 20.1. The van der Waals surface area contributed by atoms with Gasteiger partial charge in [-0.25, -0.2) is 4.79 Å². The normalized spacial score (nSPS) is 14.8. The maximum atomic E-state index is 12.6. The molecule has 0 unspecified atom stereocenters. The van der Waals surface area contributed by atoms with E-state index in [0.717, 1.165) is 4.88 Å². The molecule has 0 aliphatic carbocycles. The summed E-state index contributed by atoms with van der Waals surface area (Å²) < 4.78 is 10.3. The lowest BCUT2D eigenvalue weighted by molar-refractivity contribution is -0.122. The van der Waals surface area contributed by atoms with Crippen molar-refractivity contribution in [3.63, 3.8) is 0 Å². The largest absolute Gasteiger partial charge is 0.465 e. The van der Waals surface area contributed by atoms with E-state index < -0.39 is 5.97 Å². The molecular weight excluding hydrogens is 409 g/mol. The Morgan fingerprint density at radius 3 is 2.59 bits per heavy atom. The van der Waals surface area contributed by atoms with Crippen LogP contribution in [0.2, 0.25) is 10.0 Å². The molecule has 1 aliphatic heterocycles. The van der Waals surface area contributed by atoms with E-state index in [4.69, 9.17) is 32.7 Å². The van der Waals surface area contributed by atoms with Crippen LogP contribution < -0.4 is 5.32 Å². The Morgan fingerprint density at radius 1 is 1.26 bits per heavy atom. The fourth-order valence-electron chi connectivity index (χ4n) is 3.12. The Labute approximate surface area is 171 Å². The number of nitrogens with one attached hydrogen (secondary N) is 1. The van der Waals surface area contributed by atoms with E-state index in [2.05, 4.69) is 5.32 Å². The Balaban J connectivity index is 2.02. The van der Waals surface area contributed by atoms with Gasteiger partial charge in [0.2, 0.25) is 5.91 Å². The van der Waals surface area contributed by atoms with E-state index in [9.17, 15) is 9.59 Å². The van der Waals surface area contributed by atoms with Gasteiger partial charge >= 0.3 is 5.97 Å². The molecular formula is C19H19Cl2NO4S. The van der Waals surface area contributed by atoms with Crippen LogP contribution in [0, 0.1) is 12.8 Å². The lowest BCUT2D eigenvalue weighted by Gasteiger charge is -2.21. The number of carbonyl (C=O) groups is 2. The minimum Gasteiger partial charge on any atom is -0.465 e. The molecule has 2 aromatic rings. The fourth-order valence-corrected chi connectivity index (χ4v) is 4.68. The van der Waals surface area contributed by atoms with Crippen molar-refractivity contribution < 1.29 is 19.1 Å². The number of thiophene rings is 1. The number of hydrogen-bond donors (Lipinski definition) is 1. The molecule has 2 heterocycles. The summed E-state index contributed by atoms with van der Waals surface area (Å²) in [5.74, 6) is -0.768. The highest BCUT2D eigenvalue weighted by molar-refractivity contribution is 7.17. The predicted molar refractivity (Wildman–Crippen MR) is 108 cm³/mol. The highest BCUT2D eigenvalue weighted by Gasteiger charge is 2.28. The third-order valence-corrected chi connectivity index (χ3v) is 6.07. The predicted octanol–water partition coefficient (Wildman–Crippen LogP) is 5.18. The second-order valence-electron chi connectivity index (χ2n) is 6.23. The number of carbonyl (C=O) groups excluding carboxylic acids is 2. The lowest BCUT2D eigenvalue weighted by atomic mass is 9.99. The third kappa shape index (κ3) is 4.29. The van der Waals surface area contributed by atoms with Crippen molar-refractivity contribution in [2.45, 2.75) is 19.8 Å². The molecule has 1 N–H and O–H groups in total. The van der Waals surface area contributed by atoms with E-state index in [0.29, 0.717) is 57.8 Å². The molecule has 0 spiro atoms. The number of ether oxygens (including phenoxy) is 2. The van der Waals surface area contributed by atoms with Gasteiger partial charge in [-0.05, 0) is 31.9 Å². The number of amides is 1. The average molecular weight is 428 g/mol. The van der Waals surface area contributed by atoms with Crippen LogP contribution in [0.5, 0.6) is 0 Å². The molecule has 0 atom stereocenters. The van der Waals surface area contributed by atoms with Gasteiger partial charge in [0, 0.05) is 45.2 Å². The molecule has 1 aromatic heterocycles. The van der Waals surface area contributed by atoms with Crippen LogP contribution in [0.25, 0.3) is 11.1 Å². The van der Waals surface area contributed by atoms with Gasteiger partial charge in [0.05, 0.1) is 7.11 Å². The molecule has 0 bridgehead atoms. The first-order valence-corrected chi connectivity index (χ1v) is 10.0. The van der Waals surface area contributed by atoms with E-state index in [-0.39, 0.29) is 11.8 Å². The molecule has 1 fully saturated rings. The second kappa shape index (κ2) is 8.61. The SMILES string of the molecule is COC(=O)c1c(NC(=O)C2CCOCC2)sc(C)c1-c1ccc(Cl)cc1Cl. The standard InChI is InChI=1S/C19H19Cl2NO4S/c1-10-15(13-4-3-12(20)9-14(13)21)16(19(24)25-2)18(27-10)22-17(23)11-5-7-26-8-6-11/h3-4,9,11H,5-8H2,1-2H3,(H,22,23). The number of rotatable bonds is 4. The summed E-state index contributed by atoms with van der Waals surface area (Å²) in [6, 6.07) is 5.09. The maximum absolute atomic E-state index is 12.6. The number of methoxy groups -OCH3 is 1. The van der Waals surface area contributed by atoms with Gasteiger partial charge in [-0.15, -0.1) is 11.3 Å². The highest BCUT2D eigenvalue weighted by atomic mass is 35.5. The summed E-state index contributed by atoms with van der Waals surface area (Å²) in [4.78, 5) is 26.0. The van der Waals surface area contributed by atoms with E-state index >= 15 is 0 Å². The Kier molecular flexibility index (Phi) is 6.42. The number of aryl methyl sites for hydroxylation is 1. The molecule has 0 radical (unpaired) electrons. The summed E-state index contributed by atoms with van der Waals surface area (Å²) >= 11 is 13.7.